The Morgan fingerprint density at radius 2 is 2.15 bits per heavy atom. The number of H-pyrrole nitrogens is 1. The molecule has 0 bridgehead atoms. The smallest absolute Gasteiger partial charge is 0.265 e. The molecule has 0 amide bonds. The van der Waals surface area contributed by atoms with Gasteiger partial charge < -0.3 is 14.8 Å². The van der Waals surface area contributed by atoms with Gasteiger partial charge in [-0.25, -0.2) is 4.98 Å². The molecule has 2 heterocycles. The van der Waals surface area contributed by atoms with Crippen molar-refractivity contribution < 1.29 is 0 Å². The summed E-state index contributed by atoms with van der Waals surface area (Å²) in [5, 5.41) is 0. The number of aromatic amines is 1. The van der Waals surface area contributed by atoms with E-state index in [1.54, 1.807) is 0 Å². The van der Waals surface area contributed by atoms with Gasteiger partial charge in [0.05, 0.1) is 5.69 Å². The zero-order valence-electron chi connectivity index (χ0n) is 12.4. The third-order valence-corrected chi connectivity index (χ3v) is 4.69. The van der Waals surface area contributed by atoms with E-state index < -0.39 is 0 Å². The molecule has 1 unspecified atom stereocenters. The first-order valence-electron chi connectivity index (χ1n) is 7.17. The molecular weight excluding hydrogens is 320 g/mol. The van der Waals surface area contributed by atoms with Gasteiger partial charge in [0, 0.05) is 32.1 Å². The van der Waals surface area contributed by atoms with Crippen molar-refractivity contribution in [2.45, 2.75) is 32.2 Å². The van der Waals surface area contributed by atoms with E-state index in [1.807, 2.05) is 0 Å². The maximum absolute atomic E-state index is 12.0. The summed E-state index contributed by atoms with van der Waals surface area (Å²) >= 11 is 3.34. The van der Waals surface area contributed by atoms with E-state index in [0.717, 1.165) is 50.4 Å². The average molecular weight is 343 g/mol. The highest BCUT2D eigenvalue weighted by Crippen LogP contribution is 2.14. The highest BCUT2D eigenvalue weighted by molar-refractivity contribution is 9.10. The molecule has 1 aliphatic heterocycles. The number of likely N-dealkylation sites (N-methyl/N-ethyl adjacent to an activating group) is 2. The molecule has 0 radical (unpaired) electrons. The lowest BCUT2D eigenvalue weighted by Crippen LogP contribution is -2.51. The lowest BCUT2D eigenvalue weighted by molar-refractivity contribution is 0.113. The number of piperazine rings is 1. The Labute approximate surface area is 128 Å². The molecule has 6 heteroatoms. The van der Waals surface area contributed by atoms with Crippen LogP contribution in [0.25, 0.3) is 0 Å². The van der Waals surface area contributed by atoms with Crippen LogP contribution in [0, 0.1) is 0 Å². The number of hydrogen-bond acceptors (Lipinski definition) is 4. The zero-order valence-corrected chi connectivity index (χ0v) is 14.0. The van der Waals surface area contributed by atoms with Crippen LogP contribution in [0.2, 0.25) is 0 Å². The molecule has 1 saturated heterocycles. The number of aryl methyl sites for hydroxylation is 1. The molecule has 20 heavy (non-hydrogen) atoms. The number of nitrogens with one attached hydrogen (secondary N) is 1. The normalized spacial score (nSPS) is 21.3. The minimum absolute atomic E-state index is 0.0646. The van der Waals surface area contributed by atoms with Gasteiger partial charge >= 0.3 is 0 Å². The lowest BCUT2D eigenvalue weighted by Gasteiger charge is -2.37. The molecule has 0 spiro atoms. The summed E-state index contributed by atoms with van der Waals surface area (Å²) in [6.07, 6.45) is 2.61. The van der Waals surface area contributed by atoms with Crippen molar-refractivity contribution in [3.63, 3.8) is 0 Å². The summed E-state index contributed by atoms with van der Waals surface area (Å²) in [7, 11) is 4.28. The Bertz CT molecular complexity index is 516. The van der Waals surface area contributed by atoms with Crippen molar-refractivity contribution in [3.8, 4) is 0 Å². The summed E-state index contributed by atoms with van der Waals surface area (Å²) in [6.45, 7) is 5.26. The average Bonchev–Trinajstić information content (AvgIpc) is 2.40. The van der Waals surface area contributed by atoms with Gasteiger partial charge in [0.15, 0.2) is 0 Å². The van der Waals surface area contributed by atoms with Gasteiger partial charge in [-0.3, -0.25) is 4.79 Å². The molecule has 1 aromatic heterocycles. The maximum atomic E-state index is 12.0. The Morgan fingerprint density at radius 3 is 2.85 bits per heavy atom. The standard InChI is InChI=1S/C14H23BrN4O/c1-4-5-11-13(15)14(20)17-12(16-11)8-10-9-18(2)6-7-19(10)3/h10H,4-9H2,1-3H3,(H,16,17,20). The minimum Gasteiger partial charge on any atom is -0.310 e. The van der Waals surface area contributed by atoms with Crippen LogP contribution < -0.4 is 5.56 Å². The maximum Gasteiger partial charge on any atom is 0.265 e. The van der Waals surface area contributed by atoms with Gasteiger partial charge in [-0.05, 0) is 36.4 Å². The van der Waals surface area contributed by atoms with E-state index in [2.05, 4.69) is 56.7 Å². The van der Waals surface area contributed by atoms with Crippen LogP contribution in [0.15, 0.2) is 9.27 Å². The summed E-state index contributed by atoms with van der Waals surface area (Å²) in [5.74, 6) is 0.800. The third-order valence-electron chi connectivity index (χ3n) is 3.88. The van der Waals surface area contributed by atoms with E-state index in [-0.39, 0.29) is 5.56 Å². The molecule has 2 rings (SSSR count). The fraction of sp³-hybridized carbons (Fsp3) is 0.714. The Kier molecular flexibility index (Phi) is 5.35. The molecule has 5 nitrogen and oxygen atoms in total. The van der Waals surface area contributed by atoms with Crippen LogP contribution in [0.5, 0.6) is 0 Å². The molecule has 0 aliphatic carbocycles. The van der Waals surface area contributed by atoms with Crippen molar-refractivity contribution in [2.75, 3.05) is 33.7 Å². The van der Waals surface area contributed by atoms with Gasteiger partial charge in [0.25, 0.3) is 5.56 Å². The summed E-state index contributed by atoms with van der Waals surface area (Å²) in [5.41, 5.74) is 0.809. The number of hydrogen-bond donors (Lipinski definition) is 1. The van der Waals surface area contributed by atoms with Gasteiger partial charge in [0.1, 0.15) is 10.3 Å². The Hall–Kier alpha value is -0.720. The van der Waals surface area contributed by atoms with Crippen LogP contribution in [-0.4, -0.2) is 59.5 Å². The van der Waals surface area contributed by atoms with Crippen LogP contribution in [-0.2, 0) is 12.8 Å². The molecule has 1 atom stereocenters. The fourth-order valence-corrected chi connectivity index (χ4v) is 2.99. The first-order chi connectivity index (χ1) is 9.51. The topological polar surface area (TPSA) is 52.2 Å². The minimum atomic E-state index is -0.0646. The van der Waals surface area contributed by atoms with Crippen LogP contribution >= 0.6 is 15.9 Å². The molecule has 1 aliphatic rings. The summed E-state index contributed by atoms with van der Waals surface area (Å²) in [6, 6.07) is 0.410. The molecular formula is C14H23BrN4O. The van der Waals surface area contributed by atoms with Crippen molar-refractivity contribution in [2.24, 2.45) is 0 Å². The van der Waals surface area contributed by atoms with Gasteiger partial charge in [-0.15, -0.1) is 0 Å². The fourth-order valence-electron chi connectivity index (χ4n) is 2.60. The first kappa shape index (κ1) is 15.7. The molecule has 1 aromatic rings. The van der Waals surface area contributed by atoms with Crippen molar-refractivity contribution in [3.05, 3.63) is 26.3 Å². The number of rotatable bonds is 4. The van der Waals surface area contributed by atoms with Crippen molar-refractivity contribution in [1.82, 2.24) is 19.8 Å². The Morgan fingerprint density at radius 1 is 1.40 bits per heavy atom. The largest absolute Gasteiger partial charge is 0.310 e. The predicted octanol–water partition coefficient (Wildman–Crippen LogP) is 1.27. The number of aromatic nitrogens is 2. The summed E-state index contributed by atoms with van der Waals surface area (Å²) < 4.78 is 0.581. The third kappa shape index (κ3) is 3.68. The van der Waals surface area contributed by atoms with Gasteiger partial charge in [-0.1, -0.05) is 13.3 Å². The molecule has 0 saturated carbocycles. The molecule has 112 valence electrons. The zero-order chi connectivity index (χ0) is 14.7. The summed E-state index contributed by atoms with van der Waals surface area (Å²) in [4.78, 5) is 24.2. The van der Waals surface area contributed by atoms with Crippen LogP contribution in [0.4, 0.5) is 0 Å². The van der Waals surface area contributed by atoms with Crippen molar-refractivity contribution in [1.29, 1.82) is 0 Å². The van der Waals surface area contributed by atoms with E-state index in [4.69, 9.17) is 0 Å². The van der Waals surface area contributed by atoms with Crippen LogP contribution in [0.1, 0.15) is 24.9 Å². The monoisotopic (exact) mass is 342 g/mol. The second-order valence-electron chi connectivity index (χ2n) is 5.62. The van der Waals surface area contributed by atoms with E-state index in [1.165, 1.54) is 0 Å². The molecule has 0 aromatic carbocycles. The quantitative estimate of drug-likeness (QED) is 0.895. The second kappa shape index (κ2) is 6.83. The van der Waals surface area contributed by atoms with E-state index >= 15 is 0 Å². The highest BCUT2D eigenvalue weighted by Gasteiger charge is 2.23. The number of halogens is 1. The molecule has 1 N–H and O–H groups in total. The lowest BCUT2D eigenvalue weighted by atomic mass is 10.1. The van der Waals surface area contributed by atoms with Crippen molar-refractivity contribution >= 4 is 15.9 Å². The van der Waals surface area contributed by atoms with Crippen LogP contribution in [0.3, 0.4) is 0 Å². The van der Waals surface area contributed by atoms with E-state index in [9.17, 15) is 4.79 Å². The van der Waals surface area contributed by atoms with E-state index in [0.29, 0.717) is 10.5 Å². The second-order valence-corrected chi connectivity index (χ2v) is 6.42. The first-order valence-corrected chi connectivity index (χ1v) is 7.97. The van der Waals surface area contributed by atoms with Gasteiger partial charge in [-0.2, -0.15) is 0 Å². The number of nitrogens with zero attached hydrogens (tertiary/aromatic N) is 3. The molecule has 1 fully saturated rings. The van der Waals surface area contributed by atoms with Gasteiger partial charge in [0.2, 0.25) is 0 Å². The highest BCUT2D eigenvalue weighted by atomic mass is 79.9. The SMILES string of the molecule is CCCc1nc(CC2CN(C)CCN2C)[nH]c(=O)c1Br. The Balaban J connectivity index is 2.18. The predicted molar refractivity (Wildman–Crippen MR) is 84.2 cm³/mol.